The number of carbonyl (C=O) groups excluding carboxylic acids is 1. The van der Waals surface area contributed by atoms with Gasteiger partial charge in [-0.25, -0.2) is 4.39 Å². The summed E-state index contributed by atoms with van der Waals surface area (Å²) in [4.78, 5) is 15.1. The van der Waals surface area contributed by atoms with Crippen LogP contribution in [-0.4, -0.2) is 10.9 Å². The van der Waals surface area contributed by atoms with Crippen LogP contribution >= 0.6 is 11.6 Å². The number of H-pyrrole nitrogens is 1. The van der Waals surface area contributed by atoms with Crippen LogP contribution in [0.1, 0.15) is 12.0 Å². The fourth-order valence-corrected chi connectivity index (χ4v) is 2.55. The Kier molecular flexibility index (Phi) is 4.11. The molecule has 0 saturated carbocycles. The maximum Gasteiger partial charge on any atom is 0.224 e. The van der Waals surface area contributed by atoms with Crippen LogP contribution in [0.3, 0.4) is 0 Å². The largest absolute Gasteiger partial charge is 0.361 e. The van der Waals surface area contributed by atoms with E-state index in [9.17, 15) is 9.18 Å². The Labute approximate surface area is 132 Å². The van der Waals surface area contributed by atoms with Crippen LogP contribution < -0.4 is 5.32 Å². The quantitative estimate of drug-likeness (QED) is 0.729. The van der Waals surface area contributed by atoms with Crippen molar-refractivity contribution in [2.45, 2.75) is 12.8 Å². The number of anilines is 1. The molecule has 3 rings (SSSR count). The summed E-state index contributed by atoms with van der Waals surface area (Å²) < 4.78 is 13.6. The Morgan fingerprint density at radius 2 is 2.05 bits per heavy atom. The van der Waals surface area contributed by atoms with E-state index in [-0.39, 0.29) is 18.0 Å². The van der Waals surface area contributed by atoms with Crippen molar-refractivity contribution in [2.24, 2.45) is 0 Å². The van der Waals surface area contributed by atoms with Gasteiger partial charge < -0.3 is 10.3 Å². The van der Waals surface area contributed by atoms with E-state index >= 15 is 0 Å². The Hall–Kier alpha value is -2.33. The number of aromatic amines is 1. The van der Waals surface area contributed by atoms with Gasteiger partial charge in [-0.3, -0.25) is 4.79 Å². The van der Waals surface area contributed by atoms with E-state index in [2.05, 4.69) is 10.3 Å². The molecule has 0 aliphatic carbocycles. The van der Waals surface area contributed by atoms with Gasteiger partial charge in [-0.1, -0.05) is 29.8 Å². The number of halogens is 2. The smallest absolute Gasteiger partial charge is 0.224 e. The zero-order valence-electron chi connectivity index (χ0n) is 11.7. The third-order valence-corrected chi connectivity index (χ3v) is 3.74. The van der Waals surface area contributed by atoms with Gasteiger partial charge in [0.1, 0.15) is 5.82 Å². The Morgan fingerprint density at radius 3 is 2.86 bits per heavy atom. The fourth-order valence-electron chi connectivity index (χ4n) is 2.39. The molecule has 22 heavy (non-hydrogen) atoms. The van der Waals surface area contributed by atoms with E-state index in [1.165, 1.54) is 12.1 Å². The number of aromatic nitrogens is 1. The van der Waals surface area contributed by atoms with E-state index in [0.29, 0.717) is 11.4 Å². The van der Waals surface area contributed by atoms with Crippen LogP contribution in [-0.2, 0) is 11.2 Å². The molecule has 0 unspecified atom stereocenters. The molecular formula is C17H14ClFN2O. The monoisotopic (exact) mass is 316 g/mol. The number of fused-ring (bicyclic) bond motifs is 1. The van der Waals surface area contributed by atoms with E-state index in [0.717, 1.165) is 16.5 Å². The topological polar surface area (TPSA) is 44.9 Å². The summed E-state index contributed by atoms with van der Waals surface area (Å²) >= 11 is 5.68. The molecule has 0 bridgehead atoms. The summed E-state index contributed by atoms with van der Waals surface area (Å²) in [5.74, 6) is -0.764. The predicted molar refractivity (Wildman–Crippen MR) is 86.7 cm³/mol. The van der Waals surface area contributed by atoms with Crippen LogP contribution in [0.15, 0.2) is 48.7 Å². The van der Waals surface area contributed by atoms with Gasteiger partial charge >= 0.3 is 0 Å². The Morgan fingerprint density at radius 1 is 1.23 bits per heavy atom. The minimum Gasteiger partial charge on any atom is -0.361 e. The molecule has 1 amide bonds. The number of carbonyl (C=O) groups is 1. The lowest BCUT2D eigenvalue weighted by Gasteiger charge is -2.06. The molecule has 1 heterocycles. The number of para-hydroxylation sites is 1. The summed E-state index contributed by atoms with van der Waals surface area (Å²) in [6.45, 7) is 0. The minimum atomic E-state index is -0.534. The number of amides is 1. The molecule has 0 aliphatic heterocycles. The van der Waals surface area contributed by atoms with Crippen molar-refractivity contribution in [3.05, 3.63) is 65.1 Å². The second-order valence-electron chi connectivity index (χ2n) is 5.03. The molecule has 2 N–H and O–H groups in total. The molecule has 112 valence electrons. The van der Waals surface area contributed by atoms with Crippen molar-refractivity contribution < 1.29 is 9.18 Å². The van der Waals surface area contributed by atoms with Gasteiger partial charge in [-0.2, -0.15) is 0 Å². The molecule has 3 aromatic rings. The highest BCUT2D eigenvalue weighted by Crippen LogP contribution is 2.21. The highest BCUT2D eigenvalue weighted by atomic mass is 35.5. The van der Waals surface area contributed by atoms with Crippen LogP contribution in [0.2, 0.25) is 5.02 Å². The zero-order chi connectivity index (χ0) is 15.5. The highest BCUT2D eigenvalue weighted by Gasteiger charge is 2.09. The normalized spacial score (nSPS) is 10.8. The van der Waals surface area contributed by atoms with Gasteiger partial charge in [0.05, 0.1) is 5.69 Å². The summed E-state index contributed by atoms with van der Waals surface area (Å²) in [6, 6.07) is 12.1. The number of nitrogens with one attached hydrogen (secondary N) is 2. The first-order valence-corrected chi connectivity index (χ1v) is 7.31. The SMILES string of the molecule is O=C(CCc1c[nH]c2ccccc12)Nc1ccc(Cl)cc1F. The third kappa shape index (κ3) is 3.12. The van der Waals surface area contributed by atoms with E-state index < -0.39 is 5.82 Å². The van der Waals surface area contributed by atoms with Gasteiger partial charge in [0.25, 0.3) is 0 Å². The van der Waals surface area contributed by atoms with Crippen molar-refractivity contribution in [1.29, 1.82) is 0 Å². The van der Waals surface area contributed by atoms with Crippen LogP contribution in [0.4, 0.5) is 10.1 Å². The molecule has 0 fully saturated rings. The van der Waals surface area contributed by atoms with Crippen molar-refractivity contribution >= 4 is 34.1 Å². The van der Waals surface area contributed by atoms with Crippen molar-refractivity contribution in [2.75, 3.05) is 5.32 Å². The molecule has 0 aliphatic rings. The van der Waals surface area contributed by atoms with Gasteiger partial charge in [-0.15, -0.1) is 0 Å². The summed E-state index contributed by atoms with van der Waals surface area (Å²) in [5, 5.41) is 3.97. The number of benzene rings is 2. The van der Waals surface area contributed by atoms with Crippen molar-refractivity contribution in [3.63, 3.8) is 0 Å². The van der Waals surface area contributed by atoms with Gasteiger partial charge in [-0.05, 0) is 36.2 Å². The zero-order valence-corrected chi connectivity index (χ0v) is 12.5. The molecule has 2 aromatic carbocycles. The number of rotatable bonds is 4. The lowest BCUT2D eigenvalue weighted by molar-refractivity contribution is -0.116. The highest BCUT2D eigenvalue weighted by molar-refractivity contribution is 6.30. The van der Waals surface area contributed by atoms with Crippen LogP contribution in [0.25, 0.3) is 10.9 Å². The summed E-state index contributed by atoms with van der Waals surface area (Å²) in [7, 11) is 0. The van der Waals surface area contributed by atoms with Gasteiger partial charge in [0, 0.05) is 28.5 Å². The maximum absolute atomic E-state index is 13.6. The van der Waals surface area contributed by atoms with Crippen LogP contribution in [0, 0.1) is 5.82 Å². The van der Waals surface area contributed by atoms with E-state index in [1.54, 1.807) is 6.07 Å². The lowest BCUT2D eigenvalue weighted by atomic mass is 10.1. The van der Waals surface area contributed by atoms with Gasteiger partial charge in [0.15, 0.2) is 0 Å². The number of aryl methyl sites for hydroxylation is 1. The number of hydrogen-bond donors (Lipinski definition) is 2. The molecule has 1 aromatic heterocycles. The van der Waals surface area contributed by atoms with Crippen molar-refractivity contribution in [1.82, 2.24) is 4.98 Å². The molecular weight excluding hydrogens is 303 g/mol. The van der Waals surface area contributed by atoms with Crippen LogP contribution in [0.5, 0.6) is 0 Å². The van der Waals surface area contributed by atoms with E-state index in [4.69, 9.17) is 11.6 Å². The van der Waals surface area contributed by atoms with E-state index in [1.807, 2.05) is 30.5 Å². The van der Waals surface area contributed by atoms with Gasteiger partial charge in [0.2, 0.25) is 5.91 Å². The first kappa shape index (κ1) is 14.6. The second kappa shape index (κ2) is 6.20. The minimum absolute atomic E-state index is 0.147. The Balaban J connectivity index is 1.65. The molecule has 0 spiro atoms. The molecule has 0 saturated heterocycles. The molecule has 5 heteroatoms. The standard InChI is InChI=1S/C17H14ClFN2O/c18-12-6-7-16(14(19)9-12)21-17(22)8-5-11-10-20-15-4-2-1-3-13(11)15/h1-4,6-7,9-10,20H,5,8H2,(H,21,22). The average Bonchev–Trinajstić information content (AvgIpc) is 2.91. The average molecular weight is 317 g/mol. The third-order valence-electron chi connectivity index (χ3n) is 3.50. The summed E-state index contributed by atoms with van der Waals surface area (Å²) in [6.07, 6.45) is 2.77. The number of hydrogen-bond acceptors (Lipinski definition) is 1. The second-order valence-corrected chi connectivity index (χ2v) is 5.47. The molecule has 0 radical (unpaired) electrons. The molecule has 0 atom stereocenters. The molecule has 3 nitrogen and oxygen atoms in total. The first-order chi connectivity index (χ1) is 10.6. The fraction of sp³-hybridized carbons (Fsp3) is 0.118. The Bertz CT molecular complexity index is 828. The predicted octanol–water partition coefficient (Wildman–Crippen LogP) is 4.53. The maximum atomic E-state index is 13.6. The lowest BCUT2D eigenvalue weighted by Crippen LogP contribution is -2.13. The summed E-state index contributed by atoms with van der Waals surface area (Å²) in [5.41, 5.74) is 2.26. The van der Waals surface area contributed by atoms with Crippen molar-refractivity contribution in [3.8, 4) is 0 Å². The first-order valence-electron chi connectivity index (χ1n) is 6.93.